The lowest BCUT2D eigenvalue weighted by Crippen LogP contribution is -2.20. The Balaban J connectivity index is 2.40. The van der Waals surface area contributed by atoms with E-state index < -0.39 is 11.8 Å². The third-order valence-electron chi connectivity index (χ3n) is 2.59. The summed E-state index contributed by atoms with van der Waals surface area (Å²) >= 11 is 1.33. The molecule has 0 bridgehead atoms. The van der Waals surface area contributed by atoms with Crippen molar-refractivity contribution in [1.29, 1.82) is 0 Å². The molecule has 0 aliphatic rings. The van der Waals surface area contributed by atoms with Gasteiger partial charge in [-0.15, -0.1) is 11.3 Å². The standard InChI is InChI=1S/C13H12N2O2S/c14-12(16)9-7-18-10(11(9)13(15)17)6-8-4-2-1-3-5-8/h1-5,7H,6H2,(H2,14,16)(H2,15,17). The number of rotatable bonds is 4. The van der Waals surface area contributed by atoms with Crippen LogP contribution in [0, 0.1) is 0 Å². The molecule has 18 heavy (non-hydrogen) atoms. The second-order valence-corrected chi connectivity index (χ2v) is 4.80. The van der Waals surface area contributed by atoms with E-state index in [2.05, 4.69) is 0 Å². The van der Waals surface area contributed by atoms with Gasteiger partial charge in [-0.05, 0) is 5.56 Å². The summed E-state index contributed by atoms with van der Waals surface area (Å²) in [5, 5.41) is 1.58. The topological polar surface area (TPSA) is 86.2 Å². The van der Waals surface area contributed by atoms with Crippen LogP contribution in [0.5, 0.6) is 0 Å². The Morgan fingerprint density at radius 1 is 1.06 bits per heavy atom. The number of thiophene rings is 1. The van der Waals surface area contributed by atoms with Crippen LogP contribution in [0.3, 0.4) is 0 Å². The van der Waals surface area contributed by atoms with Crippen LogP contribution in [0.25, 0.3) is 0 Å². The summed E-state index contributed by atoms with van der Waals surface area (Å²) in [5.74, 6) is -1.24. The van der Waals surface area contributed by atoms with Gasteiger partial charge in [0, 0.05) is 16.7 Å². The van der Waals surface area contributed by atoms with E-state index in [1.807, 2.05) is 30.3 Å². The van der Waals surface area contributed by atoms with Gasteiger partial charge in [-0.1, -0.05) is 30.3 Å². The average Bonchev–Trinajstić information content (AvgIpc) is 2.74. The molecule has 2 aromatic rings. The lowest BCUT2D eigenvalue weighted by molar-refractivity contribution is 0.0967. The molecule has 4 nitrogen and oxygen atoms in total. The minimum atomic E-state index is -0.626. The molecule has 0 fully saturated rings. The van der Waals surface area contributed by atoms with E-state index in [1.54, 1.807) is 5.38 Å². The molecule has 5 heteroatoms. The van der Waals surface area contributed by atoms with Crippen molar-refractivity contribution in [2.45, 2.75) is 6.42 Å². The highest BCUT2D eigenvalue weighted by molar-refractivity contribution is 7.10. The first-order valence-corrected chi connectivity index (χ1v) is 6.21. The minimum absolute atomic E-state index is 0.207. The van der Waals surface area contributed by atoms with Crippen LogP contribution in [0.15, 0.2) is 35.7 Å². The van der Waals surface area contributed by atoms with Crippen molar-refractivity contribution in [2.75, 3.05) is 0 Å². The van der Waals surface area contributed by atoms with Crippen molar-refractivity contribution in [1.82, 2.24) is 0 Å². The van der Waals surface area contributed by atoms with Gasteiger partial charge in [-0.3, -0.25) is 9.59 Å². The quantitative estimate of drug-likeness (QED) is 0.873. The Bertz CT molecular complexity index is 590. The minimum Gasteiger partial charge on any atom is -0.366 e. The van der Waals surface area contributed by atoms with E-state index in [9.17, 15) is 9.59 Å². The van der Waals surface area contributed by atoms with Crippen molar-refractivity contribution in [3.63, 3.8) is 0 Å². The molecule has 0 unspecified atom stereocenters. The molecule has 1 heterocycles. The molecule has 92 valence electrons. The molecule has 0 aliphatic carbocycles. The lowest BCUT2D eigenvalue weighted by atomic mass is 10.0. The number of carbonyl (C=O) groups is 2. The summed E-state index contributed by atoms with van der Waals surface area (Å²) in [6, 6.07) is 9.66. The van der Waals surface area contributed by atoms with Crippen molar-refractivity contribution < 1.29 is 9.59 Å². The highest BCUT2D eigenvalue weighted by Gasteiger charge is 2.19. The molecule has 0 saturated carbocycles. The lowest BCUT2D eigenvalue weighted by Gasteiger charge is -2.02. The summed E-state index contributed by atoms with van der Waals surface area (Å²) in [6.45, 7) is 0. The highest BCUT2D eigenvalue weighted by Crippen LogP contribution is 2.24. The maximum absolute atomic E-state index is 11.4. The van der Waals surface area contributed by atoms with Crippen LogP contribution in [-0.2, 0) is 6.42 Å². The van der Waals surface area contributed by atoms with Crippen molar-refractivity contribution in [2.24, 2.45) is 11.5 Å². The van der Waals surface area contributed by atoms with Crippen LogP contribution < -0.4 is 11.5 Å². The van der Waals surface area contributed by atoms with Gasteiger partial charge in [0.15, 0.2) is 0 Å². The second kappa shape index (κ2) is 5.01. The molecule has 1 aromatic carbocycles. The summed E-state index contributed by atoms with van der Waals surface area (Å²) in [7, 11) is 0. The number of hydrogen-bond donors (Lipinski definition) is 2. The third-order valence-corrected chi connectivity index (χ3v) is 3.57. The number of nitrogens with two attached hydrogens (primary N) is 2. The monoisotopic (exact) mass is 260 g/mol. The summed E-state index contributed by atoms with van der Waals surface area (Å²) in [5.41, 5.74) is 12.0. The fourth-order valence-corrected chi connectivity index (χ4v) is 2.83. The maximum atomic E-state index is 11.4. The molecule has 0 radical (unpaired) electrons. The van der Waals surface area contributed by atoms with E-state index in [-0.39, 0.29) is 11.1 Å². The van der Waals surface area contributed by atoms with Crippen LogP contribution >= 0.6 is 11.3 Å². The molecule has 4 N–H and O–H groups in total. The summed E-state index contributed by atoms with van der Waals surface area (Å²) in [6.07, 6.45) is 0.567. The molecule has 0 atom stereocenters. The maximum Gasteiger partial charge on any atom is 0.250 e. The molecule has 0 spiro atoms. The first-order valence-electron chi connectivity index (χ1n) is 5.33. The molecule has 1 aromatic heterocycles. The highest BCUT2D eigenvalue weighted by atomic mass is 32.1. The smallest absolute Gasteiger partial charge is 0.250 e. The fourth-order valence-electron chi connectivity index (χ4n) is 1.76. The molecular weight excluding hydrogens is 248 g/mol. The van der Waals surface area contributed by atoms with Gasteiger partial charge in [0.25, 0.3) is 5.91 Å². The van der Waals surface area contributed by atoms with E-state index in [0.717, 1.165) is 10.4 Å². The summed E-state index contributed by atoms with van der Waals surface area (Å²) < 4.78 is 0. The largest absolute Gasteiger partial charge is 0.366 e. The Labute approximate surface area is 108 Å². The van der Waals surface area contributed by atoms with Gasteiger partial charge in [-0.25, -0.2) is 0 Å². The Kier molecular flexibility index (Phi) is 3.43. The van der Waals surface area contributed by atoms with Crippen molar-refractivity contribution in [3.8, 4) is 0 Å². The van der Waals surface area contributed by atoms with Gasteiger partial charge in [0.1, 0.15) is 0 Å². The second-order valence-electron chi connectivity index (χ2n) is 3.84. The van der Waals surface area contributed by atoms with E-state index in [4.69, 9.17) is 11.5 Å². The van der Waals surface area contributed by atoms with Gasteiger partial charge in [0.2, 0.25) is 5.91 Å². The molecule has 2 amide bonds. The number of primary amides is 2. The van der Waals surface area contributed by atoms with Gasteiger partial charge in [0.05, 0.1) is 11.1 Å². The zero-order chi connectivity index (χ0) is 13.1. The van der Waals surface area contributed by atoms with Gasteiger partial charge >= 0.3 is 0 Å². The number of benzene rings is 1. The predicted octanol–water partition coefficient (Wildman–Crippen LogP) is 1.54. The molecule has 2 rings (SSSR count). The van der Waals surface area contributed by atoms with Crippen molar-refractivity contribution >= 4 is 23.2 Å². The Hall–Kier alpha value is -2.14. The van der Waals surface area contributed by atoms with Crippen LogP contribution in [-0.4, -0.2) is 11.8 Å². The number of amides is 2. The SMILES string of the molecule is NC(=O)c1csc(Cc2ccccc2)c1C(N)=O. The molecule has 0 aliphatic heterocycles. The first kappa shape index (κ1) is 12.3. The Morgan fingerprint density at radius 2 is 1.72 bits per heavy atom. The Morgan fingerprint density at radius 3 is 2.28 bits per heavy atom. The summed E-state index contributed by atoms with van der Waals surface area (Å²) in [4.78, 5) is 23.4. The number of carbonyl (C=O) groups excluding carboxylic acids is 2. The predicted molar refractivity (Wildman–Crippen MR) is 70.6 cm³/mol. The fraction of sp³-hybridized carbons (Fsp3) is 0.0769. The average molecular weight is 260 g/mol. The van der Waals surface area contributed by atoms with E-state index >= 15 is 0 Å². The van der Waals surface area contributed by atoms with Crippen LogP contribution in [0.1, 0.15) is 31.2 Å². The normalized spacial score (nSPS) is 10.2. The first-order chi connectivity index (χ1) is 8.59. The zero-order valence-corrected chi connectivity index (χ0v) is 10.4. The van der Waals surface area contributed by atoms with E-state index in [1.165, 1.54) is 11.3 Å². The molecule has 0 saturated heterocycles. The third kappa shape index (κ3) is 2.41. The van der Waals surface area contributed by atoms with Gasteiger partial charge in [-0.2, -0.15) is 0 Å². The zero-order valence-electron chi connectivity index (χ0n) is 9.55. The number of hydrogen-bond acceptors (Lipinski definition) is 3. The van der Waals surface area contributed by atoms with Crippen molar-refractivity contribution in [3.05, 3.63) is 57.3 Å². The van der Waals surface area contributed by atoms with Gasteiger partial charge < -0.3 is 11.5 Å². The van der Waals surface area contributed by atoms with Crippen LogP contribution in [0.2, 0.25) is 0 Å². The van der Waals surface area contributed by atoms with E-state index in [0.29, 0.717) is 6.42 Å². The molecular formula is C13H12N2O2S. The van der Waals surface area contributed by atoms with Crippen LogP contribution in [0.4, 0.5) is 0 Å².